The fourth-order valence-electron chi connectivity index (χ4n) is 2.15. The number of benzene rings is 1. The molecule has 4 nitrogen and oxygen atoms in total. The van der Waals surface area contributed by atoms with Crippen LogP contribution >= 0.6 is 11.3 Å². The van der Waals surface area contributed by atoms with Crippen molar-refractivity contribution >= 4 is 22.7 Å². The number of nitrogens with one attached hydrogen (secondary N) is 1. The van der Waals surface area contributed by atoms with E-state index in [-0.39, 0.29) is 0 Å². The molecule has 0 aliphatic heterocycles. The Bertz CT molecular complexity index is 610. The molecule has 124 valence electrons. The van der Waals surface area contributed by atoms with Crippen LogP contribution in [0.2, 0.25) is 0 Å². The van der Waals surface area contributed by atoms with Gasteiger partial charge in [-0.25, -0.2) is 4.98 Å². The maximum absolute atomic E-state index is 5.73. The molecule has 23 heavy (non-hydrogen) atoms. The van der Waals surface area contributed by atoms with Crippen molar-refractivity contribution in [1.82, 2.24) is 4.98 Å². The predicted octanol–water partition coefficient (Wildman–Crippen LogP) is 4.99. The van der Waals surface area contributed by atoms with Gasteiger partial charge in [-0.15, -0.1) is 11.3 Å². The standard InChI is InChI=1S/C18H25N3OS/c1-3-4-5-6-10-22-13-17-9-7-8-16(11-17)12-19-21-18-20-15(2)14-23-18/h7-9,11-12,14H,3-6,10,13H2,1-2H3,(H,20,21). The minimum Gasteiger partial charge on any atom is -0.377 e. The monoisotopic (exact) mass is 331 g/mol. The molecule has 0 bridgehead atoms. The summed E-state index contributed by atoms with van der Waals surface area (Å²) in [5, 5.41) is 7.04. The van der Waals surface area contributed by atoms with Crippen LogP contribution in [0.5, 0.6) is 0 Å². The van der Waals surface area contributed by atoms with Gasteiger partial charge >= 0.3 is 0 Å². The van der Waals surface area contributed by atoms with Crippen LogP contribution in [0.15, 0.2) is 34.7 Å². The van der Waals surface area contributed by atoms with Crippen molar-refractivity contribution in [3.63, 3.8) is 0 Å². The van der Waals surface area contributed by atoms with Gasteiger partial charge in [0.25, 0.3) is 0 Å². The van der Waals surface area contributed by atoms with Crippen LogP contribution in [0.4, 0.5) is 5.13 Å². The molecule has 0 saturated heterocycles. The smallest absolute Gasteiger partial charge is 0.203 e. The Balaban J connectivity index is 1.75. The number of hydrogen-bond acceptors (Lipinski definition) is 5. The summed E-state index contributed by atoms with van der Waals surface area (Å²) in [5.74, 6) is 0. The van der Waals surface area contributed by atoms with Gasteiger partial charge in [0.05, 0.1) is 18.5 Å². The van der Waals surface area contributed by atoms with Crippen molar-refractivity contribution in [2.75, 3.05) is 12.0 Å². The topological polar surface area (TPSA) is 46.5 Å². The van der Waals surface area contributed by atoms with E-state index in [1.165, 1.54) is 24.8 Å². The number of nitrogens with zero attached hydrogens (tertiary/aromatic N) is 2. The average molecular weight is 331 g/mol. The van der Waals surface area contributed by atoms with E-state index in [1.807, 2.05) is 30.7 Å². The number of hydrazone groups is 1. The number of unbranched alkanes of at least 4 members (excludes halogenated alkanes) is 3. The van der Waals surface area contributed by atoms with Gasteiger partial charge < -0.3 is 4.74 Å². The highest BCUT2D eigenvalue weighted by Crippen LogP contribution is 2.14. The quantitative estimate of drug-likeness (QED) is 0.379. The molecule has 0 unspecified atom stereocenters. The van der Waals surface area contributed by atoms with Crippen molar-refractivity contribution < 1.29 is 4.74 Å². The zero-order chi connectivity index (χ0) is 16.3. The van der Waals surface area contributed by atoms with Crippen LogP contribution in [0.1, 0.15) is 49.4 Å². The number of anilines is 1. The molecule has 0 saturated carbocycles. The lowest BCUT2D eigenvalue weighted by Crippen LogP contribution is -1.97. The second-order valence-corrected chi connectivity index (χ2v) is 6.38. The first kappa shape index (κ1) is 17.6. The van der Waals surface area contributed by atoms with E-state index >= 15 is 0 Å². The predicted molar refractivity (Wildman–Crippen MR) is 98.3 cm³/mol. The molecule has 1 aromatic heterocycles. The number of aromatic nitrogens is 1. The molecule has 0 fully saturated rings. The number of hydrogen-bond donors (Lipinski definition) is 1. The molecule has 0 radical (unpaired) electrons. The van der Waals surface area contributed by atoms with Gasteiger partial charge in [-0.3, -0.25) is 5.43 Å². The zero-order valence-electron chi connectivity index (χ0n) is 13.9. The van der Waals surface area contributed by atoms with Gasteiger partial charge in [0.15, 0.2) is 0 Å². The highest BCUT2D eigenvalue weighted by Gasteiger charge is 1.97. The van der Waals surface area contributed by atoms with Gasteiger partial charge in [-0.05, 0) is 30.5 Å². The van der Waals surface area contributed by atoms with E-state index in [2.05, 4.69) is 34.6 Å². The number of aryl methyl sites for hydroxylation is 1. The summed E-state index contributed by atoms with van der Waals surface area (Å²) in [5.41, 5.74) is 6.19. The third-order valence-electron chi connectivity index (χ3n) is 3.35. The van der Waals surface area contributed by atoms with E-state index in [9.17, 15) is 0 Å². The summed E-state index contributed by atoms with van der Waals surface area (Å²) in [6.07, 6.45) is 6.76. The van der Waals surface area contributed by atoms with Gasteiger partial charge in [0, 0.05) is 12.0 Å². The number of ether oxygens (including phenoxy) is 1. The van der Waals surface area contributed by atoms with Crippen LogP contribution < -0.4 is 5.43 Å². The lowest BCUT2D eigenvalue weighted by Gasteiger charge is -2.05. The molecule has 0 atom stereocenters. The third kappa shape index (κ3) is 6.93. The van der Waals surface area contributed by atoms with Crippen molar-refractivity contribution in [2.45, 2.75) is 46.1 Å². The van der Waals surface area contributed by atoms with Crippen molar-refractivity contribution in [2.24, 2.45) is 5.10 Å². The van der Waals surface area contributed by atoms with E-state index in [0.717, 1.165) is 29.4 Å². The Hall–Kier alpha value is -1.72. The van der Waals surface area contributed by atoms with E-state index in [1.54, 1.807) is 11.3 Å². The first-order valence-electron chi connectivity index (χ1n) is 8.16. The average Bonchev–Trinajstić information content (AvgIpc) is 2.97. The minimum atomic E-state index is 0.660. The largest absolute Gasteiger partial charge is 0.377 e. The molecule has 0 amide bonds. The van der Waals surface area contributed by atoms with Crippen LogP contribution in [0.25, 0.3) is 0 Å². The lowest BCUT2D eigenvalue weighted by molar-refractivity contribution is 0.117. The Morgan fingerprint density at radius 2 is 2.22 bits per heavy atom. The fraction of sp³-hybridized carbons (Fsp3) is 0.444. The Morgan fingerprint density at radius 1 is 1.30 bits per heavy atom. The summed E-state index contributed by atoms with van der Waals surface area (Å²) in [6, 6.07) is 8.25. The zero-order valence-corrected chi connectivity index (χ0v) is 14.7. The Kier molecular flexibility index (Phi) is 7.77. The second kappa shape index (κ2) is 10.1. The summed E-state index contributed by atoms with van der Waals surface area (Å²) in [4.78, 5) is 4.30. The molecule has 1 heterocycles. The van der Waals surface area contributed by atoms with Gasteiger partial charge in [-0.1, -0.05) is 44.4 Å². The van der Waals surface area contributed by atoms with Gasteiger partial charge in [0.2, 0.25) is 5.13 Å². The second-order valence-electron chi connectivity index (χ2n) is 5.52. The fourth-order valence-corrected chi connectivity index (χ4v) is 2.79. The van der Waals surface area contributed by atoms with E-state index < -0.39 is 0 Å². The van der Waals surface area contributed by atoms with E-state index in [4.69, 9.17) is 4.74 Å². The summed E-state index contributed by atoms with van der Waals surface area (Å²) < 4.78 is 5.73. The van der Waals surface area contributed by atoms with Crippen LogP contribution in [-0.2, 0) is 11.3 Å². The van der Waals surface area contributed by atoms with Crippen LogP contribution in [0.3, 0.4) is 0 Å². The normalized spacial score (nSPS) is 11.2. The SMILES string of the molecule is CCCCCCOCc1cccc(C=NNc2nc(C)cs2)c1. The molecule has 1 N–H and O–H groups in total. The summed E-state index contributed by atoms with van der Waals surface area (Å²) in [6.45, 7) is 5.69. The summed E-state index contributed by atoms with van der Waals surface area (Å²) in [7, 11) is 0. The van der Waals surface area contributed by atoms with Crippen LogP contribution in [-0.4, -0.2) is 17.8 Å². The number of rotatable bonds is 10. The molecular formula is C18H25N3OS. The lowest BCUT2D eigenvalue weighted by atomic mass is 10.1. The van der Waals surface area contributed by atoms with Gasteiger partial charge in [-0.2, -0.15) is 5.10 Å². The van der Waals surface area contributed by atoms with Crippen molar-refractivity contribution in [3.05, 3.63) is 46.5 Å². The molecule has 1 aromatic carbocycles. The molecule has 2 aromatic rings. The Morgan fingerprint density at radius 3 is 3.00 bits per heavy atom. The first-order chi connectivity index (χ1) is 11.3. The molecular weight excluding hydrogens is 306 g/mol. The van der Waals surface area contributed by atoms with Gasteiger partial charge in [0.1, 0.15) is 0 Å². The van der Waals surface area contributed by atoms with Crippen molar-refractivity contribution in [3.8, 4) is 0 Å². The van der Waals surface area contributed by atoms with E-state index in [0.29, 0.717) is 6.61 Å². The molecule has 2 rings (SSSR count). The highest BCUT2D eigenvalue weighted by molar-refractivity contribution is 7.13. The van der Waals surface area contributed by atoms with Crippen LogP contribution in [0, 0.1) is 6.92 Å². The van der Waals surface area contributed by atoms with Crippen molar-refractivity contribution in [1.29, 1.82) is 0 Å². The minimum absolute atomic E-state index is 0.660. The highest BCUT2D eigenvalue weighted by atomic mass is 32.1. The molecule has 0 aliphatic carbocycles. The third-order valence-corrected chi connectivity index (χ3v) is 4.22. The maximum Gasteiger partial charge on any atom is 0.203 e. The molecule has 0 aliphatic rings. The molecule has 5 heteroatoms. The Labute approximate surface area is 142 Å². The summed E-state index contributed by atoms with van der Waals surface area (Å²) >= 11 is 1.55. The first-order valence-corrected chi connectivity index (χ1v) is 9.04. The maximum atomic E-state index is 5.73. The molecule has 0 spiro atoms. The number of thiazole rings is 1.